The molecule has 1 unspecified atom stereocenters. The number of carbonyl (C=O) groups is 2. The van der Waals surface area contributed by atoms with Gasteiger partial charge in [0.05, 0.1) is 12.5 Å². The number of primary amides is 1. The van der Waals surface area contributed by atoms with Crippen LogP contribution in [0, 0.1) is 5.92 Å². The average molecular weight is 445 g/mol. The molecule has 1 aromatic heterocycles. The third-order valence-corrected chi connectivity index (χ3v) is 7.26. The molecule has 0 saturated carbocycles. The highest BCUT2D eigenvalue weighted by atomic mass is 16.2. The molecule has 1 atom stereocenters. The molecule has 0 bridgehead atoms. The molecular weight excluding hydrogens is 412 g/mol. The number of likely N-dealkylation sites (tertiary alicyclic amines) is 2. The van der Waals surface area contributed by atoms with Gasteiger partial charge >= 0.3 is 0 Å². The summed E-state index contributed by atoms with van der Waals surface area (Å²) in [6, 6.07) is 19.1. The van der Waals surface area contributed by atoms with Gasteiger partial charge in [-0.2, -0.15) is 0 Å². The van der Waals surface area contributed by atoms with Gasteiger partial charge in [0.15, 0.2) is 0 Å². The Morgan fingerprint density at radius 1 is 0.939 bits per heavy atom. The zero-order chi connectivity index (χ0) is 22.8. The second-order valence-corrected chi connectivity index (χ2v) is 9.47. The number of fused-ring (bicyclic) bond motifs is 1. The number of rotatable bonds is 5. The predicted molar refractivity (Wildman–Crippen MR) is 131 cm³/mol. The second-order valence-electron chi connectivity index (χ2n) is 9.47. The molecule has 6 nitrogen and oxygen atoms in total. The standard InChI is InChI=1S/C27H32N4O2/c28-24(32)18-30-14-6-9-21(17-30)27(33)31-15-12-19(13-16-31)25-22-10-4-5-11-23(22)29-26(25)20-7-2-1-3-8-20/h1-5,7-8,10-11,19,21,29H,6,9,12-18H2,(H2,28,32). The minimum absolute atomic E-state index is 0.0254. The first kappa shape index (κ1) is 21.7. The predicted octanol–water partition coefficient (Wildman–Crippen LogP) is 3.74. The van der Waals surface area contributed by atoms with Crippen molar-refractivity contribution >= 4 is 22.7 Å². The lowest BCUT2D eigenvalue weighted by atomic mass is 9.85. The number of hydrogen-bond acceptors (Lipinski definition) is 3. The number of para-hydroxylation sites is 1. The normalized spacial score (nSPS) is 20.2. The summed E-state index contributed by atoms with van der Waals surface area (Å²) in [6.45, 7) is 3.29. The van der Waals surface area contributed by atoms with Gasteiger partial charge in [-0.3, -0.25) is 14.5 Å². The van der Waals surface area contributed by atoms with Crippen LogP contribution >= 0.6 is 0 Å². The van der Waals surface area contributed by atoms with Crippen molar-refractivity contribution in [3.8, 4) is 11.3 Å². The molecule has 2 fully saturated rings. The van der Waals surface area contributed by atoms with Crippen LogP contribution in [0.4, 0.5) is 0 Å². The summed E-state index contributed by atoms with van der Waals surface area (Å²) < 4.78 is 0. The number of carbonyl (C=O) groups excluding carboxylic acids is 2. The number of amides is 2. The van der Waals surface area contributed by atoms with Crippen LogP contribution in [-0.4, -0.2) is 59.3 Å². The molecule has 0 radical (unpaired) electrons. The molecule has 2 aliphatic heterocycles. The van der Waals surface area contributed by atoms with Crippen LogP contribution in [0.3, 0.4) is 0 Å². The molecule has 2 aliphatic rings. The van der Waals surface area contributed by atoms with Gasteiger partial charge in [-0.25, -0.2) is 0 Å². The van der Waals surface area contributed by atoms with E-state index in [1.165, 1.54) is 27.7 Å². The third-order valence-electron chi connectivity index (χ3n) is 7.26. The van der Waals surface area contributed by atoms with Gasteiger partial charge < -0.3 is 15.6 Å². The monoisotopic (exact) mass is 444 g/mol. The largest absolute Gasteiger partial charge is 0.369 e. The lowest BCUT2D eigenvalue weighted by Crippen LogP contribution is -2.48. The van der Waals surface area contributed by atoms with Crippen LogP contribution in [0.5, 0.6) is 0 Å². The van der Waals surface area contributed by atoms with Crippen LogP contribution in [0.1, 0.15) is 37.2 Å². The van der Waals surface area contributed by atoms with E-state index in [0.29, 0.717) is 12.5 Å². The summed E-state index contributed by atoms with van der Waals surface area (Å²) >= 11 is 0. The van der Waals surface area contributed by atoms with Crippen molar-refractivity contribution < 1.29 is 9.59 Å². The van der Waals surface area contributed by atoms with E-state index in [9.17, 15) is 9.59 Å². The summed E-state index contributed by atoms with van der Waals surface area (Å²) in [5.41, 5.74) is 10.3. The van der Waals surface area contributed by atoms with Crippen molar-refractivity contribution in [2.75, 3.05) is 32.7 Å². The first-order valence-corrected chi connectivity index (χ1v) is 12.1. The smallest absolute Gasteiger partial charge is 0.231 e. The SMILES string of the molecule is NC(=O)CN1CCCC(C(=O)N2CCC(c3c(-c4ccccc4)[nH]c4ccccc34)CC2)C1. The van der Waals surface area contributed by atoms with Gasteiger partial charge in [0, 0.05) is 36.2 Å². The van der Waals surface area contributed by atoms with Crippen molar-refractivity contribution in [3.05, 3.63) is 60.2 Å². The summed E-state index contributed by atoms with van der Waals surface area (Å²) in [5.74, 6) is 0.308. The lowest BCUT2D eigenvalue weighted by molar-refractivity contribution is -0.139. The molecule has 6 heteroatoms. The van der Waals surface area contributed by atoms with E-state index in [1.807, 2.05) is 15.9 Å². The minimum atomic E-state index is -0.322. The van der Waals surface area contributed by atoms with Gasteiger partial charge in [0.25, 0.3) is 0 Å². The fraction of sp³-hybridized carbons (Fsp3) is 0.407. The van der Waals surface area contributed by atoms with Crippen LogP contribution in [0.2, 0.25) is 0 Å². The highest BCUT2D eigenvalue weighted by Gasteiger charge is 2.33. The molecule has 33 heavy (non-hydrogen) atoms. The van der Waals surface area contributed by atoms with E-state index in [4.69, 9.17) is 5.73 Å². The van der Waals surface area contributed by atoms with Gasteiger partial charge in [0.1, 0.15) is 0 Å². The molecule has 3 heterocycles. The number of H-pyrrole nitrogens is 1. The molecule has 172 valence electrons. The molecular formula is C27H32N4O2. The first-order chi connectivity index (χ1) is 16.1. The Kier molecular flexibility index (Phi) is 6.18. The quantitative estimate of drug-likeness (QED) is 0.629. The molecule has 2 amide bonds. The minimum Gasteiger partial charge on any atom is -0.369 e. The van der Waals surface area contributed by atoms with Crippen molar-refractivity contribution in [1.82, 2.24) is 14.8 Å². The Bertz CT molecular complexity index is 1130. The van der Waals surface area contributed by atoms with Crippen molar-refractivity contribution in [1.29, 1.82) is 0 Å². The Morgan fingerprint density at radius 2 is 1.67 bits per heavy atom. The zero-order valence-electron chi connectivity index (χ0n) is 19.0. The number of nitrogens with one attached hydrogen (secondary N) is 1. The Balaban J connectivity index is 1.32. The van der Waals surface area contributed by atoms with Crippen LogP contribution in [-0.2, 0) is 9.59 Å². The molecule has 3 aromatic rings. The van der Waals surface area contributed by atoms with Crippen molar-refractivity contribution in [2.45, 2.75) is 31.6 Å². The Labute approximate surface area is 194 Å². The maximum Gasteiger partial charge on any atom is 0.231 e. The van der Waals surface area contributed by atoms with E-state index in [-0.39, 0.29) is 24.3 Å². The van der Waals surface area contributed by atoms with Gasteiger partial charge in [-0.1, -0.05) is 48.5 Å². The summed E-state index contributed by atoms with van der Waals surface area (Å²) in [7, 11) is 0. The van der Waals surface area contributed by atoms with Gasteiger partial charge in [0.2, 0.25) is 11.8 Å². The highest BCUT2D eigenvalue weighted by molar-refractivity contribution is 5.91. The van der Waals surface area contributed by atoms with E-state index in [2.05, 4.69) is 53.5 Å². The molecule has 2 saturated heterocycles. The summed E-state index contributed by atoms with van der Waals surface area (Å²) in [6.07, 6.45) is 3.76. The number of nitrogens with zero attached hydrogens (tertiary/aromatic N) is 2. The molecule has 2 aromatic carbocycles. The van der Waals surface area contributed by atoms with E-state index >= 15 is 0 Å². The van der Waals surface area contributed by atoms with Crippen molar-refractivity contribution in [3.63, 3.8) is 0 Å². The van der Waals surface area contributed by atoms with E-state index in [0.717, 1.165) is 45.3 Å². The maximum absolute atomic E-state index is 13.3. The fourth-order valence-electron chi connectivity index (χ4n) is 5.69. The van der Waals surface area contributed by atoms with Crippen LogP contribution < -0.4 is 5.73 Å². The molecule has 5 rings (SSSR count). The topological polar surface area (TPSA) is 82.4 Å². The lowest BCUT2D eigenvalue weighted by Gasteiger charge is -2.37. The summed E-state index contributed by atoms with van der Waals surface area (Å²) in [4.78, 5) is 32.3. The van der Waals surface area contributed by atoms with Crippen LogP contribution in [0.15, 0.2) is 54.6 Å². The Morgan fingerprint density at radius 3 is 2.42 bits per heavy atom. The number of nitrogens with two attached hydrogens (primary N) is 1. The average Bonchev–Trinajstić information content (AvgIpc) is 3.24. The van der Waals surface area contributed by atoms with Crippen molar-refractivity contribution in [2.24, 2.45) is 11.7 Å². The maximum atomic E-state index is 13.3. The number of aromatic nitrogens is 1. The summed E-state index contributed by atoms with van der Waals surface area (Å²) in [5, 5.41) is 1.29. The number of aromatic amines is 1. The number of piperidine rings is 2. The molecule has 0 aliphatic carbocycles. The van der Waals surface area contributed by atoms with Gasteiger partial charge in [-0.05, 0) is 55.3 Å². The zero-order valence-corrected chi connectivity index (χ0v) is 19.0. The highest BCUT2D eigenvalue weighted by Crippen LogP contribution is 2.40. The first-order valence-electron chi connectivity index (χ1n) is 12.1. The van der Waals surface area contributed by atoms with E-state index < -0.39 is 0 Å². The van der Waals surface area contributed by atoms with Crippen LogP contribution in [0.25, 0.3) is 22.2 Å². The van der Waals surface area contributed by atoms with E-state index in [1.54, 1.807) is 0 Å². The fourth-order valence-corrected chi connectivity index (χ4v) is 5.69. The second kappa shape index (κ2) is 9.40. The molecule has 0 spiro atoms. The Hall–Kier alpha value is -3.12. The third kappa shape index (κ3) is 4.53. The molecule has 3 N–H and O–H groups in total. The number of hydrogen-bond donors (Lipinski definition) is 2. The van der Waals surface area contributed by atoms with Gasteiger partial charge in [-0.15, -0.1) is 0 Å². The number of benzene rings is 2.